The first-order valence-electron chi connectivity index (χ1n) is 18.0. The zero-order valence-corrected chi connectivity index (χ0v) is 29.7. The fourth-order valence-corrected chi connectivity index (χ4v) is 8.98. The second-order valence-corrected chi connectivity index (χ2v) is 14.6. The summed E-state index contributed by atoms with van der Waals surface area (Å²) in [7, 11) is 0. The molecule has 0 N–H and O–H groups in total. The van der Waals surface area contributed by atoms with Crippen LogP contribution in [-0.2, 0) is 0 Å². The molecule has 3 aromatic heterocycles. The summed E-state index contributed by atoms with van der Waals surface area (Å²) in [6.45, 7) is 0. The van der Waals surface area contributed by atoms with Crippen LogP contribution in [0.3, 0.4) is 0 Å². The second kappa shape index (κ2) is 12.3. The zero-order valence-electron chi connectivity index (χ0n) is 28.9. The van der Waals surface area contributed by atoms with Gasteiger partial charge in [0.25, 0.3) is 0 Å². The predicted octanol–water partition coefficient (Wildman–Crippen LogP) is 13.6. The molecule has 3 heterocycles. The number of hydrogen-bond acceptors (Lipinski definition) is 5. The van der Waals surface area contributed by atoms with Crippen molar-refractivity contribution in [2.24, 2.45) is 0 Å². The highest BCUT2D eigenvalue weighted by Crippen LogP contribution is 2.47. The van der Waals surface area contributed by atoms with E-state index in [1.807, 2.05) is 59.9 Å². The molecule has 54 heavy (non-hydrogen) atoms. The van der Waals surface area contributed by atoms with Gasteiger partial charge in [0.1, 0.15) is 11.2 Å². The first kappa shape index (κ1) is 30.7. The Labute approximate surface area is 314 Å². The van der Waals surface area contributed by atoms with E-state index in [1.165, 1.54) is 36.5 Å². The number of nitrogens with zero attached hydrogens (tertiary/aromatic N) is 3. The summed E-state index contributed by atoms with van der Waals surface area (Å²) in [6, 6.07) is 61.3. The predicted molar refractivity (Wildman–Crippen MR) is 225 cm³/mol. The van der Waals surface area contributed by atoms with Crippen molar-refractivity contribution < 1.29 is 4.42 Å². The van der Waals surface area contributed by atoms with Crippen LogP contribution >= 0.6 is 11.3 Å². The molecule has 0 aliphatic rings. The molecule has 0 spiro atoms. The molecule has 0 aliphatic heterocycles. The van der Waals surface area contributed by atoms with E-state index in [9.17, 15) is 0 Å². The number of aromatic nitrogens is 3. The number of furan rings is 1. The van der Waals surface area contributed by atoms with Crippen LogP contribution in [0.15, 0.2) is 180 Å². The quantitative estimate of drug-likeness (QED) is 0.179. The highest BCUT2D eigenvalue weighted by molar-refractivity contribution is 7.26. The van der Waals surface area contributed by atoms with Crippen LogP contribution in [0, 0.1) is 0 Å². The van der Waals surface area contributed by atoms with Crippen molar-refractivity contribution in [3.05, 3.63) is 176 Å². The number of thiophene rings is 1. The molecule has 0 aliphatic carbocycles. The minimum Gasteiger partial charge on any atom is -0.455 e. The minimum absolute atomic E-state index is 0.596. The Hall–Kier alpha value is -6.95. The minimum atomic E-state index is 0.596. The van der Waals surface area contributed by atoms with Crippen LogP contribution in [-0.4, -0.2) is 15.0 Å². The lowest BCUT2D eigenvalue weighted by molar-refractivity contribution is 0.670. The first-order valence-corrected chi connectivity index (χ1v) is 18.8. The second-order valence-electron chi connectivity index (χ2n) is 13.5. The molecule has 0 unspecified atom stereocenters. The lowest BCUT2D eigenvalue weighted by Crippen LogP contribution is -2.00. The summed E-state index contributed by atoms with van der Waals surface area (Å²) >= 11 is 1.84. The molecule has 252 valence electrons. The lowest BCUT2D eigenvalue weighted by Gasteiger charge is -2.13. The molecule has 11 rings (SSSR count). The summed E-state index contributed by atoms with van der Waals surface area (Å²) in [5, 5.41) is 7.03. The van der Waals surface area contributed by atoms with Gasteiger partial charge in [0.15, 0.2) is 17.5 Å². The van der Waals surface area contributed by atoms with Gasteiger partial charge >= 0.3 is 0 Å². The highest BCUT2D eigenvalue weighted by atomic mass is 32.1. The molecule has 4 nitrogen and oxygen atoms in total. The molecule has 5 heteroatoms. The van der Waals surface area contributed by atoms with E-state index in [0.29, 0.717) is 17.5 Å². The molecule has 8 aromatic carbocycles. The van der Waals surface area contributed by atoms with E-state index in [-0.39, 0.29) is 0 Å². The average Bonchev–Trinajstić information content (AvgIpc) is 3.83. The Morgan fingerprint density at radius 1 is 0.352 bits per heavy atom. The van der Waals surface area contributed by atoms with Crippen molar-refractivity contribution in [3.63, 3.8) is 0 Å². The Morgan fingerprint density at radius 3 is 1.65 bits per heavy atom. The van der Waals surface area contributed by atoms with Crippen molar-refractivity contribution in [2.45, 2.75) is 0 Å². The van der Waals surface area contributed by atoms with Gasteiger partial charge in [-0.05, 0) is 57.8 Å². The van der Waals surface area contributed by atoms with Crippen molar-refractivity contribution in [1.82, 2.24) is 15.0 Å². The van der Waals surface area contributed by atoms with E-state index in [1.54, 1.807) is 0 Å². The largest absolute Gasteiger partial charge is 0.455 e. The molecule has 11 aromatic rings. The van der Waals surface area contributed by atoms with Crippen LogP contribution in [0.25, 0.3) is 109 Å². The van der Waals surface area contributed by atoms with Gasteiger partial charge in [0.05, 0.1) is 0 Å². The molecule has 0 fully saturated rings. The van der Waals surface area contributed by atoms with Gasteiger partial charge in [-0.2, -0.15) is 0 Å². The standard InChI is InChI=1S/C49H29N3OS/c1-3-13-30(14-4-1)31-23-25-33(26-24-31)48-50-47(32-15-5-2-6-16-32)51-49(52-48)39-28-27-36(46-45(39)37-19-9-11-21-41(37)53-46)40-29-43-44(35-18-8-7-17-34(35)40)38-20-10-12-22-42(38)54-43/h1-29H. The molecule has 0 amide bonds. The third kappa shape index (κ3) is 4.94. The van der Waals surface area contributed by atoms with Crippen LogP contribution in [0.4, 0.5) is 0 Å². The average molecular weight is 708 g/mol. The molecule has 0 saturated carbocycles. The van der Waals surface area contributed by atoms with Gasteiger partial charge in [-0.1, -0.05) is 146 Å². The van der Waals surface area contributed by atoms with Crippen LogP contribution < -0.4 is 0 Å². The summed E-state index contributed by atoms with van der Waals surface area (Å²) in [4.78, 5) is 15.4. The van der Waals surface area contributed by atoms with Crippen LogP contribution in [0.1, 0.15) is 0 Å². The third-order valence-electron chi connectivity index (χ3n) is 10.4. The number of rotatable bonds is 5. The summed E-state index contributed by atoms with van der Waals surface area (Å²) in [5.74, 6) is 1.83. The van der Waals surface area contributed by atoms with E-state index in [0.717, 1.165) is 55.3 Å². The van der Waals surface area contributed by atoms with Crippen molar-refractivity contribution in [1.29, 1.82) is 0 Å². The van der Waals surface area contributed by atoms with E-state index in [4.69, 9.17) is 19.4 Å². The number of hydrogen-bond donors (Lipinski definition) is 0. The zero-order chi connectivity index (χ0) is 35.6. The smallest absolute Gasteiger partial charge is 0.164 e. The molecule has 0 saturated heterocycles. The third-order valence-corrected chi connectivity index (χ3v) is 11.5. The maximum atomic E-state index is 6.84. The Morgan fingerprint density at radius 2 is 0.889 bits per heavy atom. The molecule has 0 bridgehead atoms. The Bertz CT molecular complexity index is 3200. The first-order chi connectivity index (χ1) is 26.8. The maximum absolute atomic E-state index is 6.84. The van der Waals surface area contributed by atoms with E-state index < -0.39 is 0 Å². The number of fused-ring (bicyclic) bond motifs is 8. The van der Waals surface area contributed by atoms with Gasteiger partial charge in [-0.25, -0.2) is 15.0 Å². The van der Waals surface area contributed by atoms with Gasteiger partial charge in [-0.3, -0.25) is 0 Å². The van der Waals surface area contributed by atoms with Gasteiger partial charge < -0.3 is 4.42 Å². The molecule has 0 atom stereocenters. The Kier molecular flexibility index (Phi) is 7.00. The Balaban J connectivity index is 1.15. The lowest BCUT2D eigenvalue weighted by atomic mass is 9.92. The summed E-state index contributed by atoms with van der Waals surface area (Å²) in [6.07, 6.45) is 0. The topological polar surface area (TPSA) is 51.8 Å². The number of para-hydroxylation sites is 1. The fourth-order valence-electron chi connectivity index (χ4n) is 7.82. The number of benzene rings is 8. The van der Waals surface area contributed by atoms with Crippen molar-refractivity contribution in [2.75, 3.05) is 0 Å². The fraction of sp³-hybridized carbons (Fsp3) is 0. The highest BCUT2D eigenvalue weighted by Gasteiger charge is 2.22. The maximum Gasteiger partial charge on any atom is 0.164 e. The molecular formula is C49H29N3OS. The summed E-state index contributed by atoms with van der Waals surface area (Å²) < 4.78 is 9.38. The molecule has 0 radical (unpaired) electrons. The SMILES string of the molecule is c1ccc(-c2ccc(-c3nc(-c4ccccc4)nc(-c4ccc(-c5cc6sc7ccccc7c6c6ccccc56)c5oc6ccccc6c45)n3)cc2)cc1. The van der Waals surface area contributed by atoms with Crippen molar-refractivity contribution >= 4 is 64.2 Å². The van der Waals surface area contributed by atoms with Gasteiger partial charge in [-0.15, -0.1) is 11.3 Å². The summed E-state index contributed by atoms with van der Waals surface area (Å²) in [5.41, 5.74) is 8.86. The monoisotopic (exact) mass is 707 g/mol. The normalized spacial score (nSPS) is 11.7. The van der Waals surface area contributed by atoms with E-state index >= 15 is 0 Å². The van der Waals surface area contributed by atoms with Crippen molar-refractivity contribution in [3.8, 4) is 56.4 Å². The van der Waals surface area contributed by atoms with Gasteiger partial charge in [0.2, 0.25) is 0 Å². The van der Waals surface area contributed by atoms with Gasteiger partial charge in [0, 0.05) is 53.2 Å². The molecular weight excluding hydrogens is 679 g/mol. The van der Waals surface area contributed by atoms with Crippen LogP contribution in [0.2, 0.25) is 0 Å². The van der Waals surface area contributed by atoms with Crippen LogP contribution in [0.5, 0.6) is 0 Å². The van der Waals surface area contributed by atoms with E-state index in [2.05, 4.69) is 127 Å².